The predicted molar refractivity (Wildman–Crippen MR) is 63.3 cm³/mol. The fraction of sp³-hybridized carbons (Fsp3) is 0.364. The summed E-state index contributed by atoms with van der Waals surface area (Å²) in [6.45, 7) is 0.830. The van der Waals surface area contributed by atoms with Crippen LogP contribution in [0.1, 0.15) is 6.42 Å². The first-order valence-electron chi connectivity index (χ1n) is 5.24. The number of hydrogen-bond acceptors (Lipinski definition) is 4. The van der Waals surface area contributed by atoms with Crippen LogP contribution in [0.25, 0.3) is 0 Å². The number of rotatable bonds is 2. The van der Waals surface area contributed by atoms with Crippen molar-refractivity contribution >= 4 is 15.7 Å². The Hall–Kier alpha value is -1.74. The zero-order valence-corrected chi connectivity index (χ0v) is 9.98. The second kappa shape index (κ2) is 4.63. The maximum Gasteiger partial charge on any atom is 0.248 e. The van der Waals surface area contributed by atoms with Gasteiger partial charge in [-0.3, -0.25) is 4.31 Å². The highest BCUT2D eigenvalue weighted by Gasteiger charge is 2.26. The second-order valence-corrected chi connectivity index (χ2v) is 5.55. The van der Waals surface area contributed by atoms with E-state index in [0.717, 1.165) is 0 Å². The van der Waals surface area contributed by atoms with Gasteiger partial charge in [-0.15, -0.1) is 0 Å². The number of nitriles is 1. The lowest BCUT2D eigenvalue weighted by molar-refractivity contribution is 0.322. The largest absolute Gasteiger partial charge is 0.491 e. The summed E-state index contributed by atoms with van der Waals surface area (Å²) in [4.78, 5) is 0. The number of hydrogen-bond donors (Lipinski definition) is 0. The highest BCUT2D eigenvalue weighted by Crippen LogP contribution is 2.32. The topological polar surface area (TPSA) is 70.4 Å². The normalized spacial score (nSPS) is 15.4. The summed E-state index contributed by atoms with van der Waals surface area (Å²) in [6.07, 6.45) is 0.610. The molecule has 1 aromatic carbocycles. The smallest absolute Gasteiger partial charge is 0.248 e. The van der Waals surface area contributed by atoms with Gasteiger partial charge in [0.25, 0.3) is 0 Å². The first kappa shape index (κ1) is 11.7. The first-order chi connectivity index (χ1) is 8.15. The van der Waals surface area contributed by atoms with Gasteiger partial charge in [0.2, 0.25) is 10.0 Å². The number of anilines is 1. The molecule has 5 nitrogen and oxygen atoms in total. The zero-order chi connectivity index (χ0) is 12.3. The predicted octanol–water partition coefficient (Wildman–Crippen LogP) is 1.13. The molecule has 17 heavy (non-hydrogen) atoms. The quantitative estimate of drug-likeness (QED) is 0.791. The summed E-state index contributed by atoms with van der Waals surface area (Å²) < 4.78 is 30.6. The molecule has 1 aliphatic rings. The van der Waals surface area contributed by atoms with Gasteiger partial charge in [-0.2, -0.15) is 5.26 Å². The van der Waals surface area contributed by atoms with Crippen LogP contribution in [-0.4, -0.2) is 27.3 Å². The van der Waals surface area contributed by atoms with E-state index in [4.69, 9.17) is 10.00 Å². The SMILES string of the molecule is N#CCS(=O)(=O)N1CCCOc2ccccc21. The van der Waals surface area contributed by atoms with Gasteiger partial charge in [-0.05, 0) is 12.1 Å². The second-order valence-electron chi connectivity index (χ2n) is 3.66. The Labute approximate surface area is 100 Å². The number of nitrogens with zero attached hydrogens (tertiary/aromatic N) is 2. The third kappa shape index (κ3) is 2.34. The number of fused-ring (bicyclic) bond motifs is 1. The van der Waals surface area contributed by atoms with E-state index in [2.05, 4.69) is 0 Å². The maximum atomic E-state index is 11.9. The van der Waals surface area contributed by atoms with Crippen molar-refractivity contribution in [2.75, 3.05) is 23.2 Å². The van der Waals surface area contributed by atoms with E-state index in [1.165, 1.54) is 4.31 Å². The number of sulfonamides is 1. The summed E-state index contributed by atoms with van der Waals surface area (Å²) in [5.41, 5.74) is 0.514. The monoisotopic (exact) mass is 252 g/mol. The maximum absolute atomic E-state index is 11.9. The van der Waals surface area contributed by atoms with Crippen molar-refractivity contribution in [1.82, 2.24) is 0 Å². The summed E-state index contributed by atoms with van der Waals surface area (Å²) in [5, 5.41) is 8.56. The van der Waals surface area contributed by atoms with E-state index in [1.807, 2.05) is 0 Å². The molecular formula is C11H12N2O3S. The Morgan fingerprint density at radius 3 is 2.94 bits per heavy atom. The average molecular weight is 252 g/mol. The number of benzene rings is 1. The van der Waals surface area contributed by atoms with E-state index in [1.54, 1.807) is 30.3 Å². The minimum atomic E-state index is -3.58. The highest BCUT2D eigenvalue weighted by molar-refractivity contribution is 7.93. The van der Waals surface area contributed by atoms with E-state index in [9.17, 15) is 8.42 Å². The van der Waals surface area contributed by atoms with E-state index in [-0.39, 0.29) is 0 Å². The third-order valence-corrected chi connectivity index (χ3v) is 4.02. The standard InChI is InChI=1S/C11H12N2O3S/c12-6-9-17(14,15)13-7-3-8-16-11-5-2-1-4-10(11)13/h1-2,4-5H,3,7-9H2. The van der Waals surface area contributed by atoms with Crippen molar-refractivity contribution in [3.8, 4) is 11.8 Å². The Morgan fingerprint density at radius 2 is 2.18 bits per heavy atom. The molecule has 90 valence electrons. The summed E-state index contributed by atoms with van der Waals surface area (Å²) >= 11 is 0. The van der Waals surface area contributed by atoms with Crippen LogP contribution in [0.5, 0.6) is 5.75 Å². The van der Waals surface area contributed by atoms with Gasteiger partial charge in [0.15, 0.2) is 5.75 Å². The average Bonchev–Trinajstić information content (AvgIpc) is 2.51. The van der Waals surface area contributed by atoms with Crippen LogP contribution in [-0.2, 0) is 10.0 Å². The molecule has 0 N–H and O–H groups in total. The molecule has 0 bridgehead atoms. The number of para-hydroxylation sites is 2. The lowest BCUT2D eigenvalue weighted by atomic mass is 10.3. The fourth-order valence-corrected chi connectivity index (χ4v) is 2.92. The van der Waals surface area contributed by atoms with E-state index >= 15 is 0 Å². The zero-order valence-electron chi connectivity index (χ0n) is 9.17. The lowest BCUT2D eigenvalue weighted by Crippen LogP contribution is -2.33. The molecule has 1 aromatic rings. The van der Waals surface area contributed by atoms with E-state index in [0.29, 0.717) is 31.0 Å². The van der Waals surface area contributed by atoms with Crippen molar-refractivity contribution in [3.05, 3.63) is 24.3 Å². The van der Waals surface area contributed by atoms with Crippen LogP contribution >= 0.6 is 0 Å². The minimum Gasteiger partial charge on any atom is -0.491 e. The van der Waals surface area contributed by atoms with Crippen LogP contribution in [0.15, 0.2) is 24.3 Å². The highest BCUT2D eigenvalue weighted by atomic mass is 32.2. The molecule has 0 saturated heterocycles. The van der Waals surface area contributed by atoms with Crippen molar-refractivity contribution in [1.29, 1.82) is 5.26 Å². The van der Waals surface area contributed by atoms with Gasteiger partial charge in [0, 0.05) is 13.0 Å². The molecule has 0 aliphatic carbocycles. The molecule has 0 aromatic heterocycles. The first-order valence-corrected chi connectivity index (χ1v) is 6.85. The molecule has 0 unspecified atom stereocenters. The summed E-state index contributed by atoms with van der Waals surface area (Å²) in [6, 6.07) is 8.65. The molecule has 1 heterocycles. The summed E-state index contributed by atoms with van der Waals surface area (Å²) in [5.74, 6) is 0.0351. The molecule has 0 radical (unpaired) electrons. The van der Waals surface area contributed by atoms with Crippen molar-refractivity contribution in [3.63, 3.8) is 0 Å². The molecule has 0 atom stereocenters. The fourth-order valence-electron chi connectivity index (χ4n) is 1.74. The molecule has 0 spiro atoms. The van der Waals surface area contributed by atoms with Gasteiger partial charge in [0.1, 0.15) is 5.75 Å². The van der Waals surface area contributed by atoms with Crippen molar-refractivity contribution in [2.45, 2.75) is 6.42 Å². The molecule has 2 rings (SSSR count). The Kier molecular flexibility index (Phi) is 3.20. The molecule has 1 aliphatic heterocycles. The van der Waals surface area contributed by atoms with Crippen molar-refractivity contribution in [2.24, 2.45) is 0 Å². The van der Waals surface area contributed by atoms with Crippen LogP contribution in [0.3, 0.4) is 0 Å². The molecule has 0 fully saturated rings. The third-order valence-electron chi connectivity index (χ3n) is 2.48. The van der Waals surface area contributed by atoms with Crippen LogP contribution in [0.4, 0.5) is 5.69 Å². The Morgan fingerprint density at radius 1 is 1.41 bits per heavy atom. The Bertz CT molecular complexity index is 548. The van der Waals surface area contributed by atoms with Crippen LogP contribution in [0.2, 0.25) is 0 Å². The van der Waals surface area contributed by atoms with Crippen LogP contribution in [0, 0.1) is 11.3 Å². The van der Waals surface area contributed by atoms with Gasteiger partial charge >= 0.3 is 0 Å². The van der Waals surface area contributed by atoms with Crippen molar-refractivity contribution < 1.29 is 13.2 Å². The summed E-state index contributed by atoms with van der Waals surface area (Å²) in [7, 11) is -3.58. The van der Waals surface area contributed by atoms with Gasteiger partial charge in [-0.1, -0.05) is 12.1 Å². The molecular weight excluding hydrogens is 240 g/mol. The van der Waals surface area contributed by atoms with Gasteiger partial charge in [0.05, 0.1) is 18.4 Å². The van der Waals surface area contributed by atoms with Crippen LogP contribution < -0.4 is 9.04 Å². The molecule has 0 amide bonds. The minimum absolute atomic E-state index is 0.348. The van der Waals surface area contributed by atoms with Gasteiger partial charge < -0.3 is 4.74 Å². The molecule has 6 heteroatoms. The lowest BCUT2D eigenvalue weighted by Gasteiger charge is -2.21. The molecule has 0 saturated carbocycles. The van der Waals surface area contributed by atoms with Gasteiger partial charge in [-0.25, -0.2) is 8.42 Å². The number of ether oxygens (including phenoxy) is 1. The Balaban J connectivity index is 2.46. The van der Waals surface area contributed by atoms with E-state index < -0.39 is 15.8 Å².